The predicted molar refractivity (Wildman–Crippen MR) is 69.5 cm³/mol. The van der Waals surface area contributed by atoms with E-state index in [0.29, 0.717) is 10.8 Å². The molecule has 17 heavy (non-hydrogen) atoms. The number of anilines is 1. The van der Waals surface area contributed by atoms with E-state index >= 15 is 0 Å². The van der Waals surface area contributed by atoms with E-state index in [1.165, 1.54) is 0 Å². The Bertz CT molecular complexity index is 454. The van der Waals surface area contributed by atoms with Crippen LogP contribution in [0.3, 0.4) is 0 Å². The van der Waals surface area contributed by atoms with Gasteiger partial charge in [0.05, 0.1) is 5.69 Å². The summed E-state index contributed by atoms with van der Waals surface area (Å²) in [5, 5.41) is 3.37. The molecule has 1 aliphatic rings. The second-order valence-corrected chi connectivity index (χ2v) is 4.80. The van der Waals surface area contributed by atoms with Crippen LogP contribution in [0.1, 0.15) is 18.4 Å². The number of rotatable bonds is 2. The molecule has 1 amide bonds. The molecule has 90 valence electrons. The van der Waals surface area contributed by atoms with E-state index in [0.717, 1.165) is 18.4 Å². The minimum absolute atomic E-state index is 0.00106. The van der Waals surface area contributed by atoms with Crippen molar-refractivity contribution in [3.8, 4) is 0 Å². The Labute approximate surface area is 110 Å². The first-order valence-corrected chi connectivity index (χ1v) is 6.12. The standard InChI is InChI=1S/C12H12Cl2N2O/c1-7-6-9(13)15-11(14)10(7)16-12(17)8-4-2-3-5-8/h2-3,6,8H,4-5H2,1H3,(H,16,17). The van der Waals surface area contributed by atoms with E-state index in [1.807, 2.05) is 19.1 Å². The third kappa shape index (κ3) is 2.79. The van der Waals surface area contributed by atoms with Gasteiger partial charge in [-0.1, -0.05) is 35.4 Å². The van der Waals surface area contributed by atoms with Gasteiger partial charge in [0.15, 0.2) is 5.15 Å². The molecule has 0 radical (unpaired) electrons. The number of pyridine rings is 1. The maximum absolute atomic E-state index is 11.9. The van der Waals surface area contributed by atoms with Gasteiger partial charge < -0.3 is 5.32 Å². The van der Waals surface area contributed by atoms with Gasteiger partial charge in [-0.3, -0.25) is 4.79 Å². The average molecular weight is 271 g/mol. The van der Waals surface area contributed by atoms with Gasteiger partial charge >= 0.3 is 0 Å². The first kappa shape index (κ1) is 12.4. The minimum atomic E-state index is -0.0240. The molecule has 0 saturated heterocycles. The average Bonchev–Trinajstić information content (AvgIpc) is 2.76. The van der Waals surface area contributed by atoms with Crippen molar-refractivity contribution in [3.05, 3.63) is 34.1 Å². The number of carbonyl (C=O) groups is 1. The number of hydrogen-bond acceptors (Lipinski definition) is 2. The molecule has 0 spiro atoms. The van der Waals surface area contributed by atoms with Gasteiger partial charge in [0.25, 0.3) is 0 Å². The van der Waals surface area contributed by atoms with Crippen LogP contribution in [0.4, 0.5) is 5.69 Å². The van der Waals surface area contributed by atoms with Crippen LogP contribution >= 0.6 is 23.2 Å². The third-order valence-electron chi connectivity index (χ3n) is 2.77. The maximum atomic E-state index is 11.9. The molecule has 1 heterocycles. The molecule has 1 N–H and O–H groups in total. The molecule has 0 bridgehead atoms. The van der Waals surface area contributed by atoms with Crippen LogP contribution in [0, 0.1) is 12.8 Å². The molecule has 0 aliphatic heterocycles. The molecule has 0 atom stereocenters. The van der Waals surface area contributed by atoms with Crippen LogP contribution in [-0.4, -0.2) is 10.9 Å². The van der Waals surface area contributed by atoms with Crippen molar-refractivity contribution in [2.45, 2.75) is 19.8 Å². The van der Waals surface area contributed by atoms with Gasteiger partial charge in [-0.2, -0.15) is 0 Å². The van der Waals surface area contributed by atoms with Crippen molar-refractivity contribution in [1.29, 1.82) is 0 Å². The number of amides is 1. The number of nitrogens with zero attached hydrogens (tertiary/aromatic N) is 1. The molecular weight excluding hydrogens is 259 g/mol. The van der Waals surface area contributed by atoms with Crippen molar-refractivity contribution in [2.75, 3.05) is 5.32 Å². The van der Waals surface area contributed by atoms with E-state index in [9.17, 15) is 4.79 Å². The van der Waals surface area contributed by atoms with Crippen molar-refractivity contribution in [3.63, 3.8) is 0 Å². The molecule has 0 fully saturated rings. The fourth-order valence-corrected chi connectivity index (χ4v) is 2.38. The van der Waals surface area contributed by atoms with Gasteiger partial charge in [0.2, 0.25) is 5.91 Å². The number of hydrogen-bond donors (Lipinski definition) is 1. The van der Waals surface area contributed by atoms with Crippen molar-refractivity contribution >= 4 is 34.8 Å². The van der Waals surface area contributed by atoms with Crippen molar-refractivity contribution in [1.82, 2.24) is 4.98 Å². The van der Waals surface area contributed by atoms with E-state index in [2.05, 4.69) is 10.3 Å². The number of aryl methyl sites for hydroxylation is 1. The summed E-state index contributed by atoms with van der Waals surface area (Å²) >= 11 is 11.7. The minimum Gasteiger partial charge on any atom is -0.323 e. The Hall–Kier alpha value is -1.06. The number of halogens is 2. The quantitative estimate of drug-likeness (QED) is 0.659. The molecule has 0 unspecified atom stereocenters. The van der Waals surface area contributed by atoms with Gasteiger partial charge in [0, 0.05) is 5.92 Å². The number of nitrogens with one attached hydrogen (secondary N) is 1. The smallest absolute Gasteiger partial charge is 0.228 e. The highest BCUT2D eigenvalue weighted by atomic mass is 35.5. The van der Waals surface area contributed by atoms with Gasteiger partial charge in [-0.15, -0.1) is 0 Å². The number of aromatic nitrogens is 1. The molecule has 1 aliphatic carbocycles. The zero-order chi connectivity index (χ0) is 12.4. The fraction of sp³-hybridized carbons (Fsp3) is 0.333. The van der Waals surface area contributed by atoms with Crippen LogP contribution < -0.4 is 5.32 Å². The molecule has 1 aromatic heterocycles. The van der Waals surface area contributed by atoms with Crippen LogP contribution in [0.2, 0.25) is 10.3 Å². The highest BCUT2D eigenvalue weighted by molar-refractivity contribution is 6.34. The Balaban J connectivity index is 2.15. The lowest BCUT2D eigenvalue weighted by molar-refractivity contribution is -0.119. The van der Waals surface area contributed by atoms with Crippen LogP contribution in [0.5, 0.6) is 0 Å². The van der Waals surface area contributed by atoms with E-state index < -0.39 is 0 Å². The third-order valence-corrected chi connectivity index (χ3v) is 3.24. The summed E-state index contributed by atoms with van der Waals surface area (Å²) in [7, 11) is 0. The zero-order valence-corrected chi connectivity index (χ0v) is 10.8. The summed E-state index contributed by atoms with van der Waals surface area (Å²) in [6.45, 7) is 1.84. The maximum Gasteiger partial charge on any atom is 0.228 e. The Morgan fingerprint density at radius 1 is 1.41 bits per heavy atom. The lowest BCUT2D eigenvalue weighted by Gasteiger charge is -2.13. The fourth-order valence-electron chi connectivity index (χ4n) is 1.80. The van der Waals surface area contributed by atoms with Gasteiger partial charge in [-0.05, 0) is 31.4 Å². The lowest BCUT2D eigenvalue weighted by atomic mass is 10.1. The molecule has 0 saturated carbocycles. The van der Waals surface area contributed by atoms with E-state index in [-0.39, 0.29) is 17.0 Å². The highest BCUT2D eigenvalue weighted by Crippen LogP contribution is 2.28. The normalized spacial score (nSPS) is 15.2. The van der Waals surface area contributed by atoms with Crippen LogP contribution in [0.15, 0.2) is 18.2 Å². The van der Waals surface area contributed by atoms with Crippen molar-refractivity contribution < 1.29 is 4.79 Å². The second kappa shape index (κ2) is 5.07. The molecular formula is C12H12Cl2N2O. The van der Waals surface area contributed by atoms with Crippen molar-refractivity contribution in [2.24, 2.45) is 5.92 Å². The lowest BCUT2D eigenvalue weighted by Crippen LogP contribution is -2.21. The molecule has 0 aromatic carbocycles. The number of carbonyl (C=O) groups excluding carboxylic acids is 1. The summed E-state index contributed by atoms with van der Waals surface area (Å²) in [6.07, 6.45) is 5.59. The summed E-state index contributed by atoms with van der Waals surface area (Å²) in [5.74, 6) is -0.0229. The largest absolute Gasteiger partial charge is 0.323 e. The summed E-state index contributed by atoms with van der Waals surface area (Å²) in [6, 6.07) is 1.68. The Kier molecular flexibility index (Phi) is 3.69. The van der Waals surface area contributed by atoms with Gasteiger partial charge in [-0.25, -0.2) is 4.98 Å². The van der Waals surface area contributed by atoms with Gasteiger partial charge in [0.1, 0.15) is 5.15 Å². The van der Waals surface area contributed by atoms with Crippen LogP contribution in [0.25, 0.3) is 0 Å². The summed E-state index contributed by atoms with van der Waals surface area (Å²) < 4.78 is 0. The Morgan fingerprint density at radius 2 is 2.06 bits per heavy atom. The number of allylic oxidation sites excluding steroid dienone is 2. The monoisotopic (exact) mass is 270 g/mol. The molecule has 1 aromatic rings. The highest BCUT2D eigenvalue weighted by Gasteiger charge is 2.21. The first-order chi connectivity index (χ1) is 8.08. The summed E-state index contributed by atoms with van der Waals surface area (Å²) in [4.78, 5) is 15.8. The molecule has 2 rings (SSSR count). The van der Waals surface area contributed by atoms with Crippen LogP contribution in [-0.2, 0) is 4.79 Å². The zero-order valence-electron chi connectivity index (χ0n) is 9.34. The summed E-state index contributed by atoms with van der Waals surface area (Å²) in [5.41, 5.74) is 1.36. The molecule has 5 heteroatoms. The first-order valence-electron chi connectivity index (χ1n) is 5.36. The predicted octanol–water partition coefficient (Wildman–Crippen LogP) is 3.60. The van der Waals surface area contributed by atoms with E-state index in [1.54, 1.807) is 6.07 Å². The topological polar surface area (TPSA) is 42.0 Å². The second-order valence-electron chi connectivity index (χ2n) is 4.06. The molecule has 3 nitrogen and oxygen atoms in total. The SMILES string of the molecule is Cc1cc(Cl)nc(Cl)c1NC(=O)C1CC=CC1. The Morgan fingerprint density at radius 3 is 2.65 bits per heavy atom. The van der Waals surface area contributed by atoms with E-state index in [4.69, 9.17) is 23.2 Å².